The maximum Gasteiger partial charge on any atom is 0.223 e. The van der Waals surface area contributed by atoms with Gasteiger partial charge in [-0.3, -0.25) is 4.57 Å². The Kier molecular flexibility index (Phi) is 3.34. The molecule has 21 heavy (non-hydrogen) atoms. The van der Waals surface area contributed by atoms with Crippen LogP contribution in [0.25, 0.3) is 11.2 Å². The summed E-state index contributed by atoms with van der Waals surface area (Å²) in [6.45, 7) is 0.197. The van der Waals surface area contributed by atoms with E-state index in [1.807, 2.05) is 0 Å². The average molecular weight is 328 g/mol. The quantitative estimate of drug-likeness (QED) is 0.560. The number of nitrogen functional groups attached to an aromatic ring is 1. The Labute approximate surface area is 127 Å². The van der Waals surface area contributed by atoms with Crippen LogP contribution in [0, 0.1) is 16.4 Å². The number of aromatic nitrogens is 4. The molecule has 0 bridgehead atoms. The van der Waals surface area contributed by atoms with Gasteiger partial charge in [0.2, 0.25) is 5.95 Å². The molecule has 3 aromatic rings. The number of hydrogen-bond donors (Lipinski definition) is 2. The fourth-order valence-corrected chi connectivity index (χ4v) is 2.45. The number of halogens is 3. The van der Waals surface area contributed by atoms with Crippen LogP contribution in [0.5, 0.6) is 0 Å². The number of nitrogens with zero attached hydrogens (tertiary/aromatic N) is 3. The number of nitrogens with one attached hydrogen (secondary N) is 1. The van der Waals surface area contributed by atoms with Crippen molar-refractivity contribution >= 4 is 40.9 Å². The number of imidazole rings is 1. The molecule has 0 fully saturated rings. The van der Waals surface area contributed by atoms with E-state index >= 15 is 0 Å². The van der Waals surface area contributed by atoms with Gasteiger partial charge in [-0.05, 0) is 29.9 Å². The highest BCUT2D eigenvalue weighted by Gasteiger charge is 2.12. The third-order valence-electron chi connectivity index (χ3n) is 2.92. The molecule has 0 aliphatic heterocycles. The Bertz CT molecular complexity index is 905. The molecule has 0 aliphatic rings. The zero-order valence-electron chi connectivity index (χ0n) is 10.4. The molecule has 0 saturated carbocycles. The second-order valence-electron chi connectivity index (χ2n) is 4.34. The molecule has 0 aliphatic carbocycles. The predicted octanol–water partition coefficient (Wildman–Crippen LogP) is 3.05. The lowest BCUT2D eigenvalue weighted by molar-refractivity contribution is 0.506. The van der Waals surface area contributed by atoms with Gasteiger partial charge in [-0.2, -0.15) is 9.97 Å². The third kappa shape index (κ3) is 2.47. The highest BCUT2D eigenvalue weighted by molar-refractivity contribution is 7.71. The summed E-state index contributed by atoms with van der Waals surface area (Å²) in [5.41, 5.74) is 6.94. The normalized spacial score (nSPS) is 11.2. The van der Waals surface area contributed by atoms with E-state index in [2.05, 4.69) is 15.0 Å². The second kappa shape index (κ2) is 5.05. The van der Waals surface area contributed by atoms with Crippen LogP contribution in [0.4, 0.5) is 14.7 Å². The van der Waals surface area contributed by atoms with Gasteiger partial charge in [-0.1, -0.05) is 17.7 Å². The van der Waals surface area contributed by atoms with Crippen LogP contribution >= 0.6 is 23.8 Å². The van der Waals surface area contributed by atoms with Crippen molar-refractivity contribution < 1.29 is 8.78 Å². The molecule has 0 atom stereocenters. The molecular weight excluding hydrogens is 320 g/mol. The first-order valence-corrected chi connectivity index (χ1v) is 6.60. The van der Waals surface area contributed by atoms with Gasteiger partial charge in [0.15, 0.2) is 27.2 Å². The molecule has 5 nitrogen and oxygen atoms in total. The number of benzene rings is 1. The molecule has 3 N–H and O–H groups in total. The monoisotopic (exact) mass is 327 g/mol. The highest BCUT2D eigenvalue weighted by Crippen LogP contribution is 2.21. The molecule has 2 heterocycles. The summed E-state index contributed by atoms with van der Waals surface area (Å²) in [4.78, 5) is 10.8. The van der Waals surface area contributed by atoms with Gasteiger partial charge in [-0.15, -0.1) is 0 Å². The Morgan fingerprint density at radius 1 is 1.29 bits per heavy atom. The van der Waals surface area contributed by atoms with Gasteiger partial charge in [0.05, 0.1) is 6.54 Å². The summed E-state index contributed by atoms with van der Waals surface area (Å²) in [5.74, 6) is -1.83. The van der Waals surface area contributed by atoms with Gasteiger partial charge in [0, 0.05) is 0 Å². The Morgan fingerprint density at radius 2 is 2.05 bits per heavy atom. The molecule has 0 saturated heterocycles. The van der Waals surface area contributed by atoms with Crippen LogP contribution in [0.15, 0.2) is 18.2 Å². The molecule has 3 rings (SSSR count). The standard InChI is InChI=1S/C12H8ClF2N5S/c13-9-8-10(19-11(16)18-9)20(12(21)17-8)4-5-1-2-6(14)7(15)3-5/h1-3H,4H2,(H,17,21)(H2,16,18,19). The lowest BCUT2D eigenvalue weighted by Gasteiger charge is -2.05. The van der Waals surface area contributed by atoms with Crippen LogP contribution in [-0.4, -0.2) is 19.5 Å². The summed E-state index contributed by atoms with van der Waals surface area (Å²) in [6.07, 6.45) is 0. The highest BCUT2D eigenvalue weighted by atomic mass is 35.5. The third-order valence-corrected chi connectivity index (χ3v) is 3.52. The number of rotatable bonds is 2. The van der Waals surface area contributed by atoms with E-state index in [-0.39, 0.29) is 17.6 Å². The fourth-order valence-electron chi connectivity index (χ4n) is 1.98. The van der Waals surface area contributed by atoms with Crippen LogP contribution in [0.2, 0.25) is 5.15 Å². The first-order valence-electron chi connectivity index (χ1n) is 5.81. The lowest BCUT2D eigenvalue weighted by atomic mass is 10.2. The zero-order valence-corrected chi connectivity index (χ0v) is 12.0. The van der Waals surface area contributed by atoms with Gasteiger partial charge >= 0.3 is 0 Å². The Morgan fingerprint density at radius 3 is 2.76 bits per heavy atom. The number of aromatic amines is 1. The molecule has 0 spiro atoms. The molecule has 1 aromatic carbocycles. The van der Waals surface area contributed by atoms with Crippen LogP contribution in [0.3, 0.4) is 0 Å². The lowest BCUT2D eigenvalue weighted by Crippen LogP contribution is -2.04. The fraction of sp³-hybridized carbons (Fsp3) is 0.0833. The van der Waals surface area contributed by atoms with Crippen molar-refractivity contribution in [3.05, 3.63) is 45.3 Å². The molecule has 2 aromatic heterocycles. The van der Waals surface area contributed by atoms with E-state index in [4.69, 9.17) is 29.6 Å². The minimum Gasteiger partial charge on any atom is -0.368 e. The SMILES string of the molecule is Nc1nc(Cl)c2[nH]c(=S)n(Cc3ccc(F)c(F)c3)c2n1. The largest absolute Gasteiger partial charge is 0.368 e. The second-order valence-corrected chi connectivity index (χ2v) is 5.08. The summed E-state index contributed by atoms with van der Waals surface area (Å²) in [6, 6.07) is 3.62. The first-order chi connectivity index (χ1) is 9.95. The van der Waals surface area contributed by atoms with Gasteiger partial charge < -0.3 is 10.7 Å². The molecular formula is C12H8ClF2N5S. The maximum absolute atomic E-state index is 13.3. The topological polar surface area (TPSA) is 72.5 Å². The van der Waals surface area contributed by atoms with E-state index in [0.717, 1.165) is 12.1 Å². The van der Waals surface area contributed by atoms with Crippen molar-refractivity contribution in [1.29, 1.82) is 0 Å². The number of nitrogens with two attached hydrogens (primary N) is 1. The minimum absolute atomic E-state index is 0.000497. The van der Waals surface area contributed by atoms with E-state index in [9.17, 15) is 8.78 Å². The van der Waals surface area contributed by atoms with E-state index < -0.39 is 11.6 Å². The van der Waals surface area contributed by atoms with Crippen molar-refractivity contribution in [1.82, 2.24) is 19.5 Å². The van der Waals surface area contributed by atoms with Crippen molar-refractivity contribution in [2.75, 3.05) is 5.73 Å². The van der Waals surface area contributed by atoms with Crippen molar-refractivity contribution in [3.8, 4) is 0 Å². The summed E-state index contributed by atoms with van der Waals surface area (Å²) >= 11 is 11.2. The molecule has 108 valence electrons. The van der Waals surface area contributed by atoms with Gasteiger partial charge in [0.25, 0.3) is 0 Å². The summed E-state index contributed by atoms with van der Waals surface area (Å²) in [5, 5.41) is 0.146. The number of fused-ring (bicyclic) bond motifs is 1. The number of anilines is 1. The van der Waals surface area contributed by atoms with Crippen LogP contribution < -0.4 is 5.73 Å². The summed E-state index contributed by atoms with van der Waals surface area (Å²) in [7, 11) is 0. The van der Waals surface area contributed by atoms with E-state index in [1.54, 1.807) is 4.57 Å². The smallest absolute Gasteiger partial charge is 0.223 e. The average Bonchev–Trinajstić information content (AvgIpc) is 2.72. The predicted molar refractivity (Wildman–Crippen MR) is 77.6 cm³/mol. The van der Waals surface area contributed by atoms with Gasteiger partial charge in [-0.25, -0.2) is 8.78 Å². The van der Waals surface area contributed by atoms with Crippen LogP contribution in [0.1, 0.15) is 5.56 Å². The van der Waals surface area contributed by atoms with Crippen LogP contribution in [-0.2, 0) is 6.54 Å². The Hall–Kier alpha value is -2.06. The van der Waals surface area contributed by atoms with E-state index in [0.29, 0.717) is 21.5 Å². The first kappa shape index (κ1) is 13.9. The van der Waals surface area contributed by atoms with Crippen molar-refractivity contribution in [3.63, 3.8) is 0 Å². The number of H-pyrrole nitrogens is 1. The minimum atomic E-state index is -0.925. The maximum atomic E-state index is 13.3. The van der Waals surface area contributed by atoms with Crippen molar-refractivity contribution in [2.45, 2.75) is 6.54 Å². The zero-order chi connectivity index (χ0) is 15.1. The molecule has 9 heteroatoms. The molecule has 0 amide bonds. The molecule has 0 unspecified atom stereocenters. The summed E-state index contributed by atoms with van der Waals surface area (Å²) < 4.78 is 28.1. The van der Waals surface area contributed by atoms with Crippen molar-refractivity contribution in [2.24, 2.45) is 0 Å². The molecule has 0 radical (unpaired) electrons. The van der Waals surface area contributed by atoms with Gasteiger partial charge in [0.1, 0.15) is 5.52 Å². The number of hydrogen-bond acceptors (Lipinski definition) is 4. The van der Waals surface area contributed by atoms with E-state index in [1.165, 1.54) is 6.07 Å². The Balaban J connectivity index is 2.14.